The van der Waals surface area contributed by atoms with Gasteiger partial charge >= 0.3 is 12.4 Å². The maximum atomic E-state index is 15.6. The molecule has 0 saturated carbocycles. The first-order valence-electron chi connectivity index (χ1n) is 23.0. The summed E-state index contributed by atoms with van der Waals surface area (Å²) >= 11 is 0. The molecular formula is C62H35F6N5. The zero-order valence-electron chi connectivity index (χ0n) is 38.2. The van der Waals surface area contributed by atoms with Crippen LogP contribution < -0.4 is 0 Å². The fraction of sp³-hybridized carbons (Fsp3) is 0.0323. The van der Waals surface area contributed by atoms with Crippen LogP contribution in [-0.4, -0.2) is 14.5 Å². The van der Waals surface area contributed by atoms with Crippen molar-refractivity contribution in [2.24, 2.45) is 0 Å². The number of alkyl halides is 6. The third kappa shape index (κ3) is 8.64. The molecule has 2 aromatic heterocycles. The van der Waals surface area contributed by atoms with Gasteiger partial charge < -0.3 is 4.57 Å². The van der Waals surface area contributed by atoms with E-state index in [9.17, 15) is 10.5 Å². The van der Waals surface area contributed by atoms with Gasteiger partial charge in [0.05, 0.1) is 62.5 Å². The van der Waals surface area contributed by atoms with Crippen LogP contribution in [0.1, 0.15) is 22.3 Å². The standard InChI is InChI=1S/C62H35F6N5/c63-61(64,65)53-17-9-7-15-47(53)51-33-46(60-71-55(42-11-3-1-4-12-42)35-56(72-60)43-13-5-2-6-14-43)34-52(48-16-8-10-18-54(48)62(66,67)68)59(51)73-57-29-27-44(40-23-19-38(36-69)20-24-40)31-49(57)50-32-45(28-30-58(50)73)41-25-21-39(37-70)22-26-41/h1-35H. The minimum Gasteiger partial charge on any atom is -0.308 e. The van der Waals surface area contributed by atoms with Crippen molar-refractivity contribution in [3.05, 3.63) is 235 Å². The van der Waals surface area contributed by atoms with Crippen LogP contribution in [0.15, 0.2) is 212 Å². The van der Waals surface area contributed by atoms with E-state index in [2.05, 4.69) is 12.1 Å². The molecule has 2 heterocycles. The lowest BCUT2D eigenvalue weighted by atomic mass is 9.88. The summed E-state index contributed by atoms with van der Waals surface area (Å²) in [6.07, 6.45) is -9.80. The third-order valence-corrected chi connectivity index (χ3v) is 13.0. The lowest BCUT2D eigenvalue weighted by molar-refractivity contribution is -0.137. The van der Waals surface area contributed by atoms with Crippen molar-refractivity contribution in [1.29, 1.82) is 10.5 Å². The maximum Gasteiger partial charge on any atom is 0.417 e. The number of halogens is 6. The van der Waals surface area contributed by atoms with Crippen molar-refractivity contribution in [3.63, 3.8) is 0 Å². The molecule has 0 unspecified atom stereocenters. The molecule has 350 valence electrons. The minimum atomic E-state index is -4.90. The van der Waals surface area contributed by atoms with E-state index in [1.807, 2.05) is 121 Å². The molecule has 0 aliphatic carbocycles. The number of aromatic nitrogens is 3. The van der Waals surface area contributed by atoms with Gasteiger partial charge in [-0.25, -0.2) is 9.97 Å². The van der Waals surface area contributed by atoms with E-state index in [-0.39, 0.29) is 39.3 Å². The Morgan fingerprint density at radius 3 is 1.14 bits per heavy atom. The minimum absolute atomic E-state index is 0.0292. The molecule has 0 saturated heterocycles. The average molecular weight is 964 g/mol. The molecule has 0 aliphatic rings. The normalized spacial score (nSPS) is 11.7. The molecule has 0 fully saturated rings. The number of fused-ring (bicyclic) bond motifs is 3. The van der Waals surface area contributed by atoms with Crippen molar-refractivity contribution in [2.45, 2.75) is 12.4 Å². The molecule has 0 atom stereocenters. The van der Waals surface area contributed by atoms with E-state index in [0.717, 1.165) is 45.5 Å². The predicted molar refractivity (Wildman–Crippen MR) is 274 cm³/mol. The van der Waals surface area contributed by atoms with Crippen LogP contribution in [0.3, 0.4) is 0 Å². The second kappa shape index (κ2) is 18.3. The van der Waals surface area contributed by atoms with E-state index in [4.69, 9.17) is 9.97 Å². The lowest BCUT2D eigenvalue weighted by Crippen LogP contribution is -2.11. The Balaban J connectivity index is 1.30. The van der Waals surface area contributed by atoms with Gasteiger partial charge in [0, 0.05) is 38.6 Å². The van der Waals surface area contributed by atoms with Gasteiger partial charge in [-0.1, -0.05) is 133 Å². The number of nitriles is 2. The van der Waals surface area contributed by atoms with Crippen LogP contribution >= 0.6 is 0 Å². The molecule has 9 aromatic carbocycles. The summed E-state index contributed by atoms with van der Waals surface area (Å²) in [7, 11) is 0. The summed E-state index contributed by atoms with van der Waals surface area (Å²) in [6.45, 7) is 0. The largest absolute Gasteiger partial charge is 0.417 e. The highest BCUT2D eigenvalue weighted by molar-refractivity contribution is 6.13. The quantitative estimate of drug-likeness (QED) is 0.142. The van der Waals surface area contributed by atoms with Crippen molar-refractivity contribution in [3.8, 4) is 96.2 Å². The third-order valence-electron chi connectivity index (χ3n) is 13.0. The summed E-state index contributed by atoms with van der Waals surface area (Å²) in [6, 6.07) is 63.1. The summed E-state index contributed by atoms with van der Waals surface area (Å²) in [5.41, 5.74) is 4.99. The summed E-state index contributed by atoms with van der Waals surface area (Å²) < 4.78 is 95.1. The number of rotatable bonds is 8. The number of benzene rings is 9. The molecule has 0 bridgehead atoms. The van der Waals surface area contributed by atoms with Gasteiger partial charge in [-0.3, -0.25) is 0 Å². The molecule has 0 aliphatic heterocycles. The first-order valence-corrected chi connectivity index (χ1v) is 23.0. The highest BCUT2D eigenvalue weighted by Gasteiger charge is 2.37. The smallest absolute Gasteiger partial charge is 0.308 e. The average Bonchev–Trinajstić information content (AvgIpc) is 3.75. The van der Waals surface area contributed by atoms with Crippen LogP contribution in [0.25, 0.3) is 106 Å². The van der Waals surface area contributed by atoms with Crippen molar-refractivity contribution in [2.75, 3.05) is 0 Å². The van der Waals surface area contributed by atoms with Gasteiger partial charge in [0.25, 0.3) is 0 Å². The van der Waals surface area contributed by atoms with E-state index >= 15 is 26.3 Å². The second-order valence-corrected chi connectivity index (χ2v) is 17.4. The van der Waals surface area contributed by atoms with Crippen molar-refractivity contribution < 1.29 is 26.3 Å². The van der Waals surface area contributed by atoms with Crippen LogP contribution in [0, 0.1) is 22.7 Å². The Hall–Kier alpha value is -9.58. The summed E-state index contributed by atoms with van der Waals surface area (Å²) in [5.74, 6) is 0.0737. The van der Waals surface area contributed by atoms with E-state index < -0.39 is 23.5 Å². The topological polar surface area (TPSA) is 78.3 Å². The molecule has 11 rings (SSSR count). The highest BCUT2D eigenvalue weighted by atomic mass is 19.4. The van der Waals surface area contributed by atoms with Gasteiger partial charge in [-0.15, -0.1) is 0 Å². The van der Waals surface area contributed by atoms with Crippen molar-refractivity contribution in [1.82, 2.24) is 14.5 Å². The molecule has 73 heavy (non-hydrogen) atoms. The monoisotopic (exact) mass is 963 g/mol. The molecule has 11 heteroatoms. The van der Waals surface area contributed by atoms with E-state index in [1.165, 1.54) is 36.4 Å². The van der Waals surface area contributed by atoms with Crippen LogP contribution in [-0.2, 0) is 12.4 Å². The second-order valence-electron chi connectivity index (χ2n) is 17.4. The zero-order valence-corrected chi connectivity index (χ0v) is 38.2. The molecule has 0 amide bonds. The number of nitrogens with zero attached hydrogens (tertiary/aromatic N) is 5. The van der Waals surface area contributed by atoms with Gasteiger partial charge in [0.1, 0.15) is 0 Å². The molecule has 5 nitrogen and oxygen atoms in total. The number of hydrogen-bond donors (Lipinski definition) is 0. The number of hydrogen-bond acceptors (Lipinski definition) is 4. The van der Waals surface area contributed by atoms with Crippen LogP contribution in [0.2, 0.25) is 0 Å². The molecular weight excluding hydrogens is 929 g/mol. The Morgan fingerprint density at radius 1 is 0.356 bits per heavy atom. The lowest BCUT2D eigenvalue weighted by Gasteiger charge is -2.24. The van der Waals surface area contributed by atoms with Crippen molar-refractivity contribution >= 4 is 21.8 Å². The van der Waals surface area contributed by atoms with Gasteiger partial charge in [0.15, 0.2) is 5.82 Å². The summed E-state index contributed by atoms with van der Waals surface area (Å²) in [5, 5.41) is 20.4. The Morgan fingerprint density at radius 2 is 0.740 bits per heavy atom. The molecule has 0 N–H and O–H groups in total. The highest BCUT2D eigenvalue weighted by Crippen LogP contribution is 2.49. The van der Waals surface area contributed by atoms with E-state index in [0.29, 0.717) is 44.3 Å². The molecule has 11 aromatic rings. The fourth-order valence-corrected chi connectivity index (χ4v) is 9.53. The Kier molecular flexibility index (Phi) is 11.5. The Bertz CT molecular complexity index is 3750. The van der Waals surface area contributed by atoms with Gasteiger partial charge in [-0.2, -0.15) is 36.9 Å². The molecule has 0 radical (unpaired) electrons. The fourth-order valence-electron chi connectivity index (χ4n) is 9.53. The van der Waals surface area contributed by atoms with E-state index in [1.54, 1.807) is 47.0 Å². The maximum absolute atomic E-state index is 15.6. The Labute approximate surface area is 414 Å². The first-order chi connectivity index (χ1) is 35.4. The van der Waals surface area contributed by atoms with Gasteiger partial charge in [-0.05, 0) is 112 Å². The summed E-state index contributed by atoms with van der Waals surface area (Å²) in [4.78, 5) is 10.0. The zero-order chi connectivity index (χ0) is 50.4. The van der Waals surface area contributed by atoms with Crippen LogP contribution in [0.4, 0.5) is 26.3 Å². The van der Waals surface area contributed by atoms with Gasteiger partial charge in [0.2, 0.25) is 0 Å². The molecule has 0 spiro atoms. The van der Waals surface area contributed by atoms with Crippen LogP contribution in [0.5, 0.6) is 0 Å². The predicted octanol–water partition coefficient (Wildman–Crippen LogP) is 17.0. The first kappa shape index (κ1) is 45.8. The SMILES string of the molecule is N#Cc1ccc(-c2ccc3c(c2)c2cc(-c4ccc(C#N)cc4)ccc2n3-c2c(-c3ccccc3C(F)(F)F)cc(-c3nc(-c4ccccc4)cc(-c4ccccc4)n3)cc2-c2ccccc2C(F)(F)F)cc1.